The van der Waals surface area contributed by atoms with Gasteiger partial charge in [-0.15, -0.1) is 0 Å². The quantitative estimate of drug-likeness (QED) is 0.897. The summed E-state index contributed by atoms with van der Waals surface area (Å²) >= 11 is 0. The molecule has 0 aliphatic carbocycles. The van der Waals surface area contributed by atoms with Crippen LogP contribution in [0.3, 0.4) is 0 Å². The molecule has 1 aliphatic heterocycles. The van der Waals surface area contributed by atoms with Crippen molar-refractivity contribution in [2.24, 2.45) is 5.92 Å². The van der Waals surface area contributed by atoms with Crippen LogP contribution >= 0.6 is 0 Å². The third kappa shape index (κ3) is 4.60. The van der Waals surface area contributed by atoms with Crippen LogP contribution in [0.4, 0.5) is 0 Å². The molecule has 1 aromatic rings. The molecule has 112 valence electrons. The Bertz CT molecular complexity index is 386. The molecule has 2 rings (SSSR count). The SMILES string of the molecule is CC(c1ccccc1)N1CCC(CNC(C)(C)C)CC1. The van der Waals surface area contributed by atoms with Gasteiger partial charge in [0.05, 0.1) is 0 Å². The smallest absolute Gasteiger partial charge is 0.0319 e. The van der Waals surface area contributed by atoms with E-state index in [9.17, 15) is 0 Å². The third-order valence-corrected chi connectivity index (χ3v) is 4.40. The van der Waals surface area contributed by atoms with E-state index in [0.29, 0.717) is 6.04 Å². The molecule has 0 saturated carbocycles. The molecule has 1 unspecified atom stereocenters. The molecule has 0 bridgehead atoms. The zero-order valence-electron chi connectivity index (χ0n) is 13.5. The van der Waals surface area contributed by atoms with E-state index in [4.69, 9.17) is 0 Å². The van der Waals surface area contributed by atoms with Crippen LogP contribution in [-0.2, 0) is 0 Å². The number of hydrogen-bond donors (Lipinski definition) is 1. The predicted octanol–water partition coefficient (Wildman–Crippen LogP) is 3.85. The van der Waals surface area contributed by atoms with Crippen LogP contribution < -0.4 is 5.32 Å². The molecular weight excluding hydrogens is 244 g/mol. The predicted molar refractivity (Wildman–Crippen MR) is 86.9 cm³/mol. The third-order valence-electron chi connectivity index (χ3n) is 4.40. The van der Waals surface area contributed by atoms with Gasteiger partial charge in [-0.25, -0.2) is 0 Å². The summed E-state index contributed by atoms with van der Waals surface area (Å²) < 4.78 is 0. The molecule has 2 nitrogen and oxygen atoms in total. The fourth-order valence-electron chi connectivity index (χ4n) is 2.94. The van der Waals surface area contributed by atoms with Crippen LogP contribution in [-0.4, -0.2) is 30.1 Å². The molecule has 0 aromatic heterocycles. The van der Waals surface area contributed by atoms with E-state index in [1.165, 1.54) is 31.5 Å². The molecule has 2 heteroatoms. The summed E-state index contributed by atoms with van der Waals surface area (Å²) in [7, 11) is 0. The van der Waals surface area contributed by atoms with Gasteiger partial charge < -0.3 is 5.32 Å². The van der Waals surface area contributed by atoms with Crippen LogP contribution in [0, 0.1) is 5.92 Å². The molecule has 1 aromatic carbocycles. The standard InChI is InChI=1S/C18H30N2/c1-15(17-8-6-5-7-9-17)20-12-10-16(11-13-20)14-19-18(2,3)4/h5-9,15-16,19H,10-14H2,1-4H3. The second-order valence-electron chi connectivity index (χ2n) is 7.20. The minimum Gasteiger partial charge on any atom is -0.312 e. The van der Waals surface area contributed by atoms with Gasteiger partial charge in [0.15, 0.2) is 0 Å². The normalized spacial score (nSPS) is 20.0. The van der Waals surface area contributed by atoms with Crippen molar-refractivity contribution in [1.29, 1.82) is 0 Å². The average molecular weight is 274 g/mol. The van der Waals surface area contributed by atoms with Crippen LogP contribution in [0.5, 0.6) is 0 Å². The van der Waals surface area contributed by atoms with Crippen LogP contribution in [0.1, 0.15) is 52.1 Å². The van der Waals surface area contributed by atoms with Gasteiger partial charge in [0.1, 0.15) is 0 Å². The van der Waals surface area contributed by atoms with Crippen molar-refractivity contribution in [3.8, 4) is 0 Å². The first kappa shape index (κ1) is 15.5. The number of piperidine rings is 1. The molecule has 0 amide bonds. The molecule has 1 saturated heterocycles. The summed E-state index contributed by atoms with van der Waals surface area (Å²) in [6.45, 7) is 12.7. The lowest BCUT2D eigenvalue weighted by atomic mass is 9.93. The number of nitrogens with one attached hydrogen (secondary N) is 1. The number of nitrogens with zero attached hydrogens (tertiary/aromatic N) is 1. The first-order valence-electron chi connectivity index (χ1n) is 8.00. The van der Waals surface area contributed by atoms with E-state index >= 15 is 0 Å². The Morgan fingerprint density at radius 3 is 2.30 bits per heavy atom. The van der Waals surface area contributed by atoms with E-state index in [1.807, 2.05) is 0 Å². The second-order valence-corrected chi connectivity index (χ2v) is 7.20. The Morgan fingerprint density at radius 2 is 1.75 bits per heavy atom. The van der Waals surface area contributed by atoms with Gasteiger partial charge in [0.2, 0.25) is 0 Å². The summed E-state index contributed by atoms with van der Waals surface area (Å²) in [5, 5.41) is 3.65. The van der Waals surface area contributed by atoms with E-state index in [2.05, 4.69) is 68.2 Å². The van der Waals surface area contributed by atoms with Crippen LogP contribution in [0.25, 0.3) is 0 Å². The van der Waals surface area contributed by atoms with Crippen molar-refractivity contribution in [3.05, 3.63) is 35.9 Å². The van der Waals surface area contributed by atoms with Gasteiger partial charge in [-0.2, -0.15) is 0 Å². The highest BCUT2D eigenvalue weighted by Gasteiger charge is 2.24. The Balaban J connectivity index is 1.79. The highest BCUT2D eigenvalue weighted by atomic mass is 15.2. The molecule has 1 atom stereocenters. The number of benzene rings is 1. The maximum atomic E-state index is 3.65. The van der Waals surface area contributed by atoms with Gasteiger partial charge >= 0.3 is 0 Å². The monoisotopic (exact) mass is 274 g/mol. The van der Waals surface area contributed by atoms with E-state index < -0.39 is 0 Å². The van der Waals surface area contributed by atoms with Gasteiger partial charge in [0, 0.05) is 11.6 Å². The Hall–Kier alpha value is -0.860. The molecule has 1 aliphatic rings. The van der Waals surface area contributed by atoms with Gasteiger partial charge in [-0.05, 0) is 71.7 Å². The van der Waals surface area contributed by atoms with E-state index in [1.54, 1.807) is 0 Å². The molecule has 1 N–H and O–H groups in total. The maximum Gasteiger partial charge on any atom is 0.0319 e. The lowest BCUT2D eigenvalue weighted by molar-refractivity contribution is 0.137. The summed E-state index contributed by atoms with van der Waals surface area (Å²) in [6, 6.07) is 11.4. The van der Waals surface area contributed by atoms with Crippen LogP contribution in [0.15, 0.2) is 30.3 Å². The molecule has 20 heavy (non-hydrogen) atoms. The topological polar surface area (TPSA) is 15.3 Å². The highest BCUT2D eigenvalue weighted by Crippen LogP contribution is 2.26. The minimum atomic E-state index is 0.245. The number of rotatable bonds is 4. The Labute approximate surface area is 124 Å². The molecule has 1 fully saturated rings. The maximum absolute atomic E-state index is 3.65. The van der Waals surface area contributed by atoms with E-state index in [-0.39, 0.29) is 5.54 Å². The number of likely N-dealkylation sites (tertiary alicyclic amines) is 1. The first-order chi connectivity index (χ1) is 9.46. The summed E-state index contributed by atoms with van der Waals surface area (Å²) in [5.74, 6) is 0.841. The Morgan fingerprint density at radius 1 is 1.15 bits per heavy atom. The lowest BCUT2D eigenvalue weighted by Crippen LogP contribution is -2.43. The fourth-order valence-corrected chi connectivity index (χ4v) is 2.94. The largest absolute Gasteiger partial charge is 0.312 e. The molecule has 0 radical (unpaired) electrons. The highest BCUT2D eigenvalue weighted by molar-refractivity contribution is 5.18. The Kier molecular flexibility index (Phi) is 5.22. The fraction of sp³-hybridized carbons (Fsp3) is 0.667. The van der Waals surface area contributed by atoms with Gasteiger partial charge in [-0.1, -0.05) is 30.3 Å². The zero-order valence-corrected chi connectivity index (χ0v) is 13.5. The summed E-state index contributed by atoms with van der Waals surface area (Å²) in [5.41, 5.74) is 1.69. The summed E-state index contributed by atoms with van der Waals surface area (Å²) in [4.78, 5) is 2.63. The number of hydrogen-bond acceptors (Lipinski definition) is 2. The van der Waals surface area contributed by atoms with E-state index in [0.717, 1.165) is 12.5 Å². The minimum absolute atomic E-state index is 0.245. The second kappa shape index (κ2) is 6.73. The lowest BCUT2D eigenvalue weighted by Gasteiger charge is -2.37. The zero-order chi connectivity index (χ0) is 14.6. The van der Waals surface area contributed by atoms with Gasteiger partial charge in [-0.3, -0.25) is 4.90 Å². The van der Waals surface area contributed by atoms with Gasteiger partial charge in [0.25, 0.3) is 0 Å². The molecule has 0 spiro atoms. The van der Waals surface area contributed by atoms with Crippen molar-refractivity contribution in [1.82, 2.24) is 10.2 Å². The van der Waals surface area contributed by atoms with Crippen molar-refractivity contribution >= 4 is 0 Å². The molecular formula is C18H30N2. The van der Waals surface area contributed by atoms with Crippen molar-refractivity contribution in [3.63, 3.8) is 0 Å². The van der Waals surface area contributed by atoms with Crippen molar-refractivity contribution in [2.45, 2.75) is 52.1 Å². The van der Waals surface area contributed by atoms with Crippen LogP contribution in [0.2, 0.25) is 0 Å². The molecule has 1 heterocycles. The first-order valence-corrected chi connectivity index (χ1v) is 8.00. The summed E-state index contributed by atoms with van der Waals surface area (Å²) in [6.07, 6.45) is 2.64. The average Bonchev–Trinajstić information content (AvgIpc) is 2.45. The van der Waals surface area contributed by atoms with Crippen molar-refractivity contribution < 1.29 is 0 Å². The van der Waals surface area contributed by atoms with Crippen molar-refractivity contribution in [2.75, 3.05) is 19.6 Å².